The van der Waals surface area contributed by atoms with E-state index in [0.717, 1.165) is 0 Å². The van der Waals surface area contributed by atoms with E-state index in [-0.39, 0.29) is 0 Å². The van der Waals surface area contributed by atoms with Crippen LogP contribution in [0.5, 0.6) is 0 Å². The number of nitrogens with one attached hydrogen (secondary N) is 1. The zero-order chi connectivity index (χ0) is 15.9. The highest BCUT2D eigenvalue weighted by Crippen LogP contribution is 2.37. The van der Waals surface area contributed by atoms with Crippen LogP contribution in [-0.4, -0.2) is 61.7 Å². The lowest BCUT2D eigenvalue weighted by atomic mass is 9.72. The van der Waals surface area contributed by atoms with Gasteiger partial charge in [-0.25, -0.2) is 0 Å². The van der Waals surface area contributed by atoms with Gasteiger partial charge in [-0.15, -0.1) is 0 Å². The molecule has 0 bridgehead atoms. The molecule has 0 aromatic rings. The molecule has 1 aliphatic carbocycles. The van der Waals surface area contributed by atoms with Crippen LogP contribution in [0.15, 0.2) is 0 Å². The zero-order valence-corrected chi connectivity index (χ0v) is 15.4. The van der Waals surface area contributed by atoms with Crippen LogP contribution in [0, 0.1) is 5.41 Å². The molecule has 3 heteroatoms. The Morgan fingerprint density at radius 1 is 1.05 bits per heavy atom. The summed E-state index contributed by atoms with van der Waals surface area (Å²) in [5.41, 5.74) is 0.504. The van der Waals surface area contributed by atoms with Crippen molar-refractivity contribution < 1.29 is 0 Å². The summed E-state index contributed by atoms with van der Waals surface area (Å²) in [6.45, 7) is 17.8. The van der Waals surface area contributed by atoms with Crippen molar-refractivity contribution in [1.82, 2.24) is 15.1 Å². The molecule has 1 aliphatic rings. The quantitative estimate of drug-likeness (QED) is 0.705. The van der Waals surface area contributed by atoms with Gasteiger partial charge in [0.05, 0.1) is 0 Å². The molecular weight excluding hydrogens is 258 g/mol. The largest absolute Gasteiger partial charge is 0.315 e. The lowest BCUT2D eigenvalue weighted by Gasteiger charge is -2.46. The highest BCUT2D eigenvalue weighted by molar-refractivity contribution is 4.93. The van der Waals surface area contributed by atoms with Crippen LogP contribution in [0.2, 0.25) is 0 Å². The van der Waals surface area contributed by atoms with E-state index >= 15 is 0 Å². The van der Waals surface area contributed by atoms with E-state index in [1.54, 1.807) is 0 Å². The molecule has 2 unspecified atom stereocenters. The maximum Gasteiger partial charge on any atom is 0.0254 e. The van der Waals surface area contributed by atoms with Crippen molar-refractivity contribution in [3.8, 4) is 0 Å². The van der Waals surface area contributed by atoms with E-state index in [1.807, 2.05) is 0 Å². The zero-order valence-electron chi connectivity index (χ0n) is 15.4. The predicted octanol–water partition coefficient (Wildman–Crippen LogP) is 3.21. The van der Waals surface area contributed by atoms with Crippen molar-refractivity contribution in [3.05, 3.63) is 0 Å². The summed E-state index contributed by atoms with van der Waals surface area (Å²) in [5, 5.41) is 3.58. The fourth-order valence-corrected chi connectivity index (χ4v) is 3.87. The third-order valence-corrected chi connectivity index (χ3v) is 5.42. The number of hydrogen-bond donors (Lipinski definition) is 1. The molecule has 0 aromatic heterocycles. The van der Waals surface area contributed by atoms with Gasteiger partial charge in [0.2, 0.25) is 0 Å². The van der Waals surface area contributed by atoms with Crippen LogP contribution in [0.3, 0.4) is 0 Å². The summed E-state index contributed by atoms with van der Waals surface area (Å²) >= 11 is 0. The summed E-state index contributed by atoms with van der Waals surface area (Å²) in [5.74, 6) is 0. The molecule has 126 valence electrons. The molecule has 1 fully saturated rings. The molecule has 1 saturated carbocycles. The highest BCUT2D eigenvalue weighted by Gasteiger charge is 2.36. The van der Waals surface area contributed by atoms with Crippen LogP contribution in [-0.2, 0) is 0 Å². The van der Waals surface area contributed by atoms with Gasteiger partial charge in [0.1, 0.15) is 0 Å². The third kappa shape index (κ3) is 5.88. The van der Waals surface area contributed by atoms with Gasteiger partial charge in [0.25, 0.3) is 0 Å². The number of likely N-dealkylation sites (N-methyl/N-ethyl adjacent to an activating group) is 2. The van der Waals surface area contributed by atoms with Crippen LogP contribution >= 0.6 is 0 Å². The van der Waals surface area contributed by atoms with E-state index in [4.69, 9.17) is 0 Å². The summed E-state index contributed by atoms with van der Waals surface area (Å²) in [7, 11) is 2.14. The molecule has 2 atom stereocenters. The van der Waals surface area contributed by atoms with Crippen LogP contribution in [0.4, 0.5) is 0 Å². The topological polar surface area (TPSA) is 18.5 Å². The van der Waals surface area contributed by atoms with E-state index in [2.05, 4.69) is 56.8 Å². The summed E-state index contributed by atoms with van der Waals surface area (Å²) in [6, 6.07) is 1.38. The van der Waals surface area contributed by atoms with Gasteiger partial charge in [-0.2, -0.15) is 0 Å². The first-order chi connectivity index (χ1) is 9.97. The molecule has 1 rings (SSSR count). The minimum absolute atomic E-state index is 0.504. The maximum absolute atomic E-state index is 3.58. The third-order valence-electron chi connectivity index (χ3n) is 5.42. The smallest absolute Gasteiger partial charge is 0.0254 e. The number of nitrogens with zero attached hydrogens (tertiary/aromatic N) is 2. The Morgan fingerprint density at radius 3 is 2.24 bits per heavy atom. The Bertz CT molecular complexity index is 274. The SMILES string of the molecule is CCN(CC)CCCN(CC)C1CC(C)(C)CCC1NC. The van der Waals surface area contributed by atoms with Gasteiger partial charge in [0, 0.05) is 12.1 Å². The molecule has 0 spiro atoms. The molecule has 0 radical (unpaired) electrons. The average molecular weight is 298 g/mol. The fourth-order valence-electron chi connectivity index (χ4n) is 3.87. The first-order valence-corrected chi connectivity index (χ1v) is 9.11. The van der Waals surface area contributed by atoms with E-state index in [9.17, 15) is 0 Å². The Kier molecular flexibility index (Phi) is 8.22. The molecular formula is C18H39N3. The van der Waals surface area contributed by atoms with Crippen molar-refractivity contribution in [2.24, 2.45) is 5.41 Å². The van der Waals surface area contributed by atoms with Gasteiger partial charge in [0.15, 0.2) is 0 Å². The van der Waals surface area contributed by atoms with Gasteiger partial charge >= 0.3 is 0 Å². The fraction of sp³-hybridized carbons (Fsp3) is 1.00. The van der Waals surface area contributed by atoms with Crippen LogP contribution < -0.4 is 5.32 Å². The van der Waals surface area contributed by atoms with E-state index < -0.39 is 0 Å². The Labute approximate surface area is 133 Å². The van der Waals surface area contributed by atoms with Crippen molar-refractivity contribution >= 4 is 0 Å². The molecule has 3 nitrogen and oxygen atoms in total. The van der Waals surface area contributed by atoms with Gasteiger partial charge in [-0.05, 0) is 70.9 Å². The predicted molar refractivity (Wildman–Crippen MR) is 93.9 cm³/mol. The molecule has 0 heterocycles. The normalized spacial score (nSPS) is 25.7. The standard InChI is InChI=1S/C18H39N3/c1-7-20(8-2)13-10-14-21(9-3)17-15-18(4,5)12-11-16(17)19-6/h16-17,19H,7-15H2,1-6H3. The lowest BCUT2D eigenvalue weighted by molar-refractivity contribution is 0.0679. The maximum atomic E-state index is 3.58. The molecule has 0 aliphatic heterocycles. The van der Waals surface area contributed by atoms with E-state index in [0.29, 0.717) is 17.5 Å². The molecule has 0 amide bonds. The second-order valence-corrected chi connectivity index (χ2v) is 7.38. The lowest BCUT2D eigenvalue weighted by Crippen LogP contribution is -2.54. The number of rotatable bonds is 9. The Hall–Kier alpha value is -0.120. The summed E-state index contributed by atoms with van der Waals surface area (Å²) in [4.78, 5) is 5.26. The van der Waals surface area contributed by atoms with E-state index in [1.165, 1.54) is 58.4 Å². The Balaban J connectivity index is 2.55. The highest BCUT2D eigenvalue weighted by atomic mass is 15.2. The monoisotopic (exact) mass is 297 g/mol. The minimum atomic E-state index is 0.504. The molecule has 0 saturated heterocycles. The summed E-state index contributed by atoms with van der Waals surface area (Å²) < 4.78 is 0. The first-order valence-electron chi connectivity index (χ1n) is 9.11. The number of hydrogen-bond acceptors (Lipinski definition) is 3. The molecule has 0 aromatic carbocycles. The summed E-state index contributed by atoms with van der Waals surface area (Å²) in [6.07, 6.45) is 5.30. The van der Waals surface area contributed by atoms with Crippen molar-refractivity contribution in [3.63, 3.8) is 0 Å². The van der Waals surface area contributed by atoms with Gasteiger partial charge < -0.3 is 10.2 Å². The second-order valence-electron chi connectivity index (χ2n) is 7.38. The van der Waals surface area contributed by atoms with Crippen LogP contribution in [0.1, 0.15) is 60.3 Å². The van der Waals surface area contributed by atoms with Crippen molar-refractivity contribution in [2.45, 2.75) is 72.4 Å². The second kappa shape index (κ2) is 9.12. The van der Waals surface area contributed by atoms with Crippen molar-refractivity contribution in [2.75, 3.05) is 39.8 Å². The average Bonchev–Trinajstić information content (AvgIpc) is 2.47. The Morgan fingerprint density at radius 2 is 1.71 bits per heavy atom. The molecule has 1 N–H and O–H groups in total. The van der Waals surface area contributed by atoms with Gasteiger partial charge in [-0.3, -0.25) is 4.90 Å². The van der Waals surface area contributed by atoms with Gasteiger partial charge in [-0.1, -0.05) is 34.6 Å². The van der Waals surface area contributed by atoms with Crippen molar-refractivity contribution in [1.29, 1.82) is 0 Å². The molecule has 21 heavy (non-hydrogen) atoms. The van der Waals surface area contributed by atoms with Crippen LogP contribution in [0.25, 0.3) is 0 Å². The first kappa shape index (κ1) is 18.9. The minimum Gasteiger partial charge on any atom is -0.315 e.